The first-order chi connectivity index (χ1) is 5.65. The summed E-state index contributed by atoms with van der Waals surface area (Å²) in [5.41, 5.74) is 8.09. The molecule has 0 bridgehead atoms. The van der Waals surface area contributed by atoms with Crippen molar-refractivity contribution in [2.45, 2.75) is 11.4 Å². The van der Waals surface area contributed by atoms with Gasteiger partial charge in [-0.05, 0) is 30.2 Å². The first-order valence-electron chi connectivity index (χ1n) is 3.60. The molecule has 1 amide bonds. The lowest BCUT2D eigenvalue weighted by Gasteiger charge is -2.02. The van der Waals surface area contributed by atoms with Crippen LogP contribution >= 0.6 is 22.6 Å². The van der Waals surface area contributed by atoms with Crippen molar-refractivity contribution in [3.05, 3.63) is 34.9 Å². The van der Waals surface area contributed by atoms with Gasteiger partial charge in [0.2, 0.25) is 5.91 Å². The number of amides is 1. The van der Waals surface area contributed by atoms with E-state index in [4.69, 9.17) is 5.73 Å². The number of carbonyl (C=O) groups is 1. The molecule has 0 heterocycles. The predicted octanol–water partition coefficient (Wildman–Crippen LogP) is 2.03. The summed E-state index contributed by atoms with van der Waals surface area (Å²) in [5, 5.41) is 0. The molecule has 0 unspecified atom stereocenters. The quantitative estimate of drug-likeness (QED) is 0.651. The minimum absolute atomic E-state index is 0.363. The summed E-state index contributed by atoms with van der Waals surface area (Å²) >= 11 is 2.29. The van der Waals surface area contributed by atoms with E-state index in [0.29, 0.717) is 5.56 Å². The van der Waals surface area contributed by atoms with E-state index in [0.717, 1.165) is 9.99 Å². The van der Waals surface area contributed by atoms with Crippen molar-refractivity contribution in [2.24, 2.45) is 5.73 Å². The van der Waals surface area contributed by atoms with E-state index in [1.165, 1.54) is 5.56 Å². The molecule has 0 spiro atoms. The average molecular weight is 275 g/mol. The SMILES string of the molecule is Cc1cc(C(N)=O)ccc1CI. The molecule has 64 valence electrons. The zero-order chi connectivity index (χ0) is 9.14. The van der Waals surface area contributed by atoms with Gasteiger partial charge in [0.15, 0.2) is 0 Å². The van der Waals surface area contributed by atoms with E-state index in [-0.39, 0.29) is 5.91 Å². The summed E-state index contributed by atoms with van der Waals surface area (Å²) in [6.45, 7) is 1.99. The predicted molar refractivity (Wildman–Crippen MR) is 57.4 cm³/mol. The lowest BCUT2D eigenvalue weighted by Crippen LogP contribution is -2.11. The number of primary amides is 1. The molecule has 0 saturated carbocycles. The van der Waals surface area contributed by atoms with Crippen LogP contribution in [0.3, 0.4) is 0 Å². The summed E-state index contributed by atoms with van der Waals surface area (Å²) in [5.74, 6) is -0.363. The lowest BCUT2D eigenvalue weighted by atomic mass is 10.1. The largest absolute Gasteiger partial charge is 0.366 e. The molecule has 0 atom stereocenters. The molecule has 3 heteroatoms. The molecule has 0 fully saturated rings. The molecule has 0 aliphatic rings. The van der Waals surface area contributed by atoms with Gasteiger partial charge in [0, 0.05) is 9.99 Å². The minimum atomic E-state index is -0.363. The van der Waals surface area contributed by atoms with Gasteiger partial charge >= 0.3 is 0 Å². The van der Waals surface area contributed by atoms with Crippen molar-refractivity contribution in [3.63, 3.8) is 0 Å². The van der Waals surface area contributed by atoms with Crippen LogP contribution in [0.4, 0.5) is 0 Å². The minimum Gasteiger partial charge on any atom is -0.366 e. The number of hydrogen-bond acceptors (Lipinski definition) is 1. The van der Waals surface area contributed by atoms with Gasteiger partial charge in [0.1, 0.15) is 0 Å². The Balaban J connectivity index is 3.10. The highest BCUT2D eigenvalue weighted by Crippen LogP contribution is 2.13. The summed E-state index contributed by atoms with van der Waals surface area (Å²) in [7, 11) is 0. The van der Waals surface area contributed by atoms with Gasteiger partial charge in [-0.2, -0.15) is 0 Å². The highest BCUT2D eigenvalue weighted by atomic mass is 127. The monoisotopic (exact) mass is 275 g/mol. The van der Waals surface area contributed by atoms with Crippen LogP contribution in [0.5, 0.6) is 0 Å². The van der Waals surface area contributed by atoms with Gasteiger partial charge in [-0.1, -0.05) is 28.7 Å². The number of hydrogen-bond donors (Lipinski definition) is 1. The maximum Gasteiger partial charge on any atom is 0.248 e. The number of alkyl halides is 1. The second-order valence-corrected chi connectivity index (χ2v) is 3.40. The van der Waals surface area contributed by atoms with Gasteiger partial charge in [-0.15, -0.1) is 0 Å². The van der Waals surface area contributed by atoms with Crippen LogP contribution in [0.25, 0.3) is 0 Å². The zero-order valence-corrected chi connectivity index (χ0v) is 8.96. The Morgan fingerprint density at radius 3 is 2.67 bits per heavy atom. The van der Waals surface area contributed by atoms with Crippen molar-refractivity contribution in [1.82, 2.24) is 0 Å². The number of nitrogens with two attached hydrogens (primary N) is 1. The van der Waals surface area contributed by atoms with Crippen LogP contribution in [-0.2, 0) is 4.43 Å². The van der Waals surface area contributed by atoms with Crippen LogP contribution in [-0.4, -0.2) is 5.91 Å². The summed E-state index contributed by atoms with van der Waals surface area (Å²) in [6, 6.07) is 5.54. The second kappa shape index (κ2) is 3.89. The fourth-order valence-corrected chi connectivity index (χ4v) is 1.85. The second-order valence-electron chi connectivity index (χ2n) is 2.64. The zero-order valence-electron chi connectivity index (χ0n) is 6.80. The maximum atomic E-state index is 10.8. The van der Waals surface area contributed by atoms with Gasteiger partial charge < -0.3 is 5.73 Å². The molecule has 1 aromatic carbocycles. The van der Waals surface area contributed by atoms with E-state index >= 15 is 0 Å². The van der Waals surface area contributed by atoms with Gasteiger partial charge in [0.05, 0.1) is 0 Å². The van der Waals surface area contributed by atoms with Crippen LogP contribution < -0.4 is 5.73 Å². The molecule has 1 rings (SSSR count). The molecule has 0 aliphatic carbocycles. The van der Waals surface area contributed by atoms with Gasteiger partial charge in [-0.25, -0.2) is 0 Å². The Morgan fingerprint density at radius 1 is 1.58 bits per heavy atom. The average Bonchev–Trinajstić information content (AvgIpc) is 2.04. The van der Waals surface area contributed by atoms with Gasteiger partial charge in [-0.3, -0.25) is 4.79 Å². The third kappa shape index (κ3) is 1.97. The Kier molecular flexibility index (Phi) is 3.08. The molecule has 0 saturated heterocycles. The van der Waals surface area contributed by atoms with Crippen molar-refractivity contribution in [3.8, 4) is 0 Å². The molecular formula is C9H10INO. The highest BCUT2D eigenvalue weighted by molar-refractivity contribution is 14.1. The topological polar surface area (TPSA) is 43.1 Å². The molecular weight excluding hydrogens is 265 g/mol. The highest BCUT2D eigenvalue weighted by Gasteiger charge is 2.02. The van der Waals surface area contributed by atoms with Crippen LogP contribution in [0, 0.1) is 6.92 Å². The van der Waals surface area contributed by atoms with E-state index in [1.807, 2.05) is 19.1 Å². The van der Waals surface area contributed by atoms with Crippen molar-refractivity contribution >= 4 is 28.5 Å². The van der Waals surface area contributed by atoms with E-state index in [2.05, 4.69) is 22.6 Å². The molecule has 12 heavy (non-hydrogen) atoms. The number of carbonyl (C=O) groups excluding carboxylic acids is 1. The van der Waals surface area contributed by atoms with Gasteiger partial charge in [0.25, 0.3) is 0 Å². The maximum absolute atomic E-state index is 10.8. The Morgan fingerprint density at radius 2 is 2.25 bits per heavy atom. The fraction of sp³-hybridized carbons (Fsp3) is 0.222. The molecule has 2 N–H and O–H groups in total. The number of halogens is 1. The summed E-state index contributed by atoms with van der Waals surface area (Å²) < 4.78 is 0.961. The number of benzene rings is 1. The third-order valence-corrected chi connectivity index (χ3v) is 2.59. The Labute approximate surface area is 85.3 Å². The van der Waals surface area contributed by atoms with Crippen LogP contribution in [0.1, 0.15) is 21.5 Å². The van der Waals surface area contributed by atoms with E-state index < -0.39 is 0 Å². The lowest BCUT2D eigenvalue weighted by molar-refractivity contribution is 0.1000. The normalized spacial score (nSPS) is 9.83. The first-order valence-corrected chi connectivity index (χ1v) is 5.13. The fourth-order valence-electron chi connectivity index (χ4n) is 0.999. The summed E-state index contributed by atoms with van der Waals surface area (Å²) in [6.07, 6.45) is 0. The first kappa shape index (κ1) is 9.51. The molecule has 0 aliphatic heterocycles. The summed E-state index contributed by atoms with van der Waals surface area (Å²) in [4.78, 5) is 10.8. The smallest absolute Gasteiger partial charge is 0.248 e. The molecule has 0 aromatic heterocycles. The van der Waals surface area contributed by atoms with Crippen LogP contribution in [0.2, 0.25) is 0 Å². The third-order valence-electron chi connectivity index (χ3n) is 1.77. The van der Waals surface area contributed by atoms with E-state index in [1.54, 1.807) is 6.07 Å². The number of rotatable bonds is 2. The molecule has 2 nitrogen and oxygen atoms in total. The standard InChI is InChI=1S/C9H10INO/c1-6-4-7(9(11)12)2-3-8(6)5-10/h2-4H,5H2,1H3,(H2,11,12). The Bertz CT molecular complexity index is 309. The van der Waals surface area contributed by atoms with Crippen molar-refractivity contribution in [2.75, 3.05) is 0 Å². The van der Waals surface area contributed by atoms with Crippen molar-refractivity contribution < 1.29 is 4.79 Å². The van der Waals surface area contributed by atoms with E-state index in [9.17, 15) is 4.79 Å². The molecule has 1 aromatic rings. The number of aryl methyl sites for hydroxylation is 1. The Hall–Kier alpha value is -0.580. The molecule has 0 radical (unpaired) electrons. The van der Waals surface area contributed by atoms with Crippen LogP contribution in [0.15, 0.2) is 18.2 Å². The van der Waals surface area contributed by atoms with Crippen molar-refractivity contribution in [1.29, 1.82) is 0 Å².